The van der Waals surface area contributed by atoms with Crippen molar-refractivity contribution in [3.05, 3.63) is 23.8 Å². The van der Waals surface area contributed by atoms with Crippen LogP contribution in [0, 0.1) is 5.41 Å². The summed E-state index contributed by atoms with van der Waals surface area (Å²) >= 11 is 0. The number of hydrogen-bond acceptors (Lipinski definition) is 4. The van der Waals surface area contributed by atoms with Gasteiger partial charge in [-0.15, -0.1) is 0 Å². The Hall–Kier alpha value is -1.40. The lowest BCUT2D eigenvalue weighted by molar-refractivity contribution is 0.0858. The van der Waals surface area contributed by atoms with Crippen LogP contribution in [-0.2, 0) is 10.0 Å². The highest BCUT2D eigenvalue weighted by Crippen LogP contribution is 2.28. The number of sulfonamides is 1. The monoisotopic (exact) mass is 313 g/mol. The first-order valence-corrected chi connectivity index (χ1v) is 8.34. The number of rotatable bonds is 6. The average Bonchev–Trinajstić information content (AvgIpc) is 2.42. The summed E-state index contributed by atoms with van der Waals surface area (Å²) in [7, 11) is -2.29. The Morgan fingerprint density at radius 1 is 1.29 bits per heavy atom. The molecule has 0 amide bonds. The van der Waals surface area contributed by atoms with E-state index >= 15 is 0 Å². The van der Waals surface area contributed by atoms with Crippen molar-refractivity contribution in [2.45, 2.75) is 39.0 Å². The maximum absolute atomic E-state index is 12.3. The Morgan fingerprint density at radius 3 is 2.38 bits per heavy atom. The van der Waals surface area contributed by atoms with Crippen LogP contribution in [0.15, 0.2) is 23.1 Å². The highest BCUT2D eigenvalue weighted by molar-refractivity contribution is 7.89. The number of Topliss-reactive ketones (excluding diaryl/α,β-unsaturated/α-hetero) is 1. The van der Waals surface area contributed by atoms with Crippen LogP contribution in [0.3, 0.4) is 0 Å². The third-order valence-electron chi connectivity index (χ3n) is 2.94. The van der Waals surface area contributed by atoms with Crippen molar-refractivity contribution in [2.75, 3.05) is 13.7 Å². The zero-order valence-corrected chi connectivity index (χ0v) is 14.0. The van der Waals surface area contributed by atoms with E-state index < -0.39 is 15.4 Å². The van der Waals surface area contributed by atoms with Crippen LogP contribution in [0.5, 0.6) is 5.75 Å². The number of carbonyl (C=O) groups is 1. The molecule has 0 radical (unpaired) electrons. The first-order chi connectivity index (χ1) is 9.63. The van der Waals surface area contributed by atoms with Crippen LogP contribution in [0.4, 0.5) is 0 Å². The van der Waals surface area contributed by atoms with Crippen LogP contribution in [0.2, 0.25) is 0 Å². The maximum Gasteiger partial charge on any atom is 0.244 e. The topological polar surface area (TPSA) is 72.5 Å². The van der Waals surface area contributed by atoms with Gasteiger partial charge < -0.3 is 4.74 Å². The van der Waals surface area contributed by atoms with Crippen molar-refractivity contribution in [2.24, 2.45) is 5.41 Å². The molecule has 0 aliphatic carbocycles. The summed E-state index contributed by atoms with van der Waals surface area (Å²) < 4.78 is 32.2. The molecule has 5 nitrogen and oxygen atoms in total. The lowest BCUT2D eigenvalue weighted by Crippen LogP contribution is -2.26. The van der Waals surface area contributed by atoms with E-state index in [1.54, 1.807) is 26.8 Å². The minimum atomic E-state index is -3.69. The second kappa shape index (κ2) is 6.58. The molecule has 1 rings (SSSR count). The van der Waals surface area contributed by atoms with Gasteiger partial charge in [-0.25, -0.2) is 13.1 Å². The van der Waals surface area contributed by atoms with Crippen LogP contribution >= 0.6 is 0 Å². The van der Waals surface area contributed by atoms with Gasteiger partial charge in [0.1, 0.15) is 10.6 Å². The van der Waals surface area contributed by atoms with Gasteiger partial charge in [-0.1, -0.05) is 27.7 Å². The Kier molecular flexibility index (Phi) is 5.53. The number of hydrogen-bond donors (Lipinski definition) is 1. The molecule has 0 fully saturated rings. The second-order valence-electron chi connectivity index (χ2n) is 5.84. The SMILES string of the molecule is CCCNS(=O)(=O)c1cc(C(=O)C(C)(C)C)ccc1OC. The minimum absolute atomic E-state index is 0.00597. The van der Waals surface area contributed by atoms with E-state index in [0.29, 0.717) is 18.5 Å². The molecule has 21 heavy (non-hydrogen) atoms. The molecule has 0 heterocycles. The molecule has 0 spiro atoms. The third kappa shape index (κ3) is 4.28. The fourth-order valence-corrected chi connectivity index (χ4v) is 3.10. The minimum Gasteiger partial charge on any atom is -0.495 e. The standard InChI is InChI=1S/C15H23NO4S/c1-6-9-16-21(18,19)13-10-11(7-8-12(13)20-5)14(17)15(2,3)4/h7-8,10,16H,6,9H2,1-5H3. The fraction of sp³-hybridized carbons (Fsp3) is 0.533. The van der Waals surface area contributed by atoms with Crippen LogP contribution in [0.25, 0.3) is 0 Å². The Bertz CT molecular complexity index is 615. The van der Waals surface area contributed by atoms with Gasteiger partial charge in [-0.3, -0.25) is 4.79 Å². The maximum atomic E-state index is 12.3. The van der Waals surface area contributed by atoms with Gasteiger partial charge in [0.05, 0.1) is 7.11 Å². The van der Waals surface area contributed by atoms with E-state index in [1.807, 2.05) is 6.92 Å². The van der Waals surface area contributed by atoms with E-state index in [1.165, 1.54) is 19.2 Å². The lowest BCUT2D eigenvalue weighted by Gasteiger charge is -2.18. The first-order valence-electron chi connectivity index (χ1n) is 6.86. The lowest BCUT2D eigenvalue weighted by atomic mass is 9.86. The number of ether oxygens (including phenoxy) is 1. The van der Waals surface area contributed by atoms with Crippen molar-refractivity contribution in [1.29, 1.82) is 0 Å². The zero-order chi connectivity index (χ0) is 16.3. The molecule has 0 bridgehead atoms. The van der Waals surface area contributed by atoms with Crippen molar-refractivity contribution < 1.29 is 17.9 Å². The summed E-state index contributed by atoms with van der Waals surface area (Å²) in [6.45, 7) is 7.59. The number of benzene rings is 1. The summed E-state index contributed by atoms with van der Waals surface area (Å²) in [4.78, 5) is 12.3. The van der Waals surface area contributed by atoms with Crippen molar-refractivity contribution in [3.63, 3.8) is 0 Å². The summed E-state index contributed by atoms with van der Waals surface area (Å²) in [5.41, 5.74) is -0.216. The van der Waals surface area contributed by atoms with Gasteiger partial charge in [0.15, 0.2) is 5.78 Å². The first kappa shape index (κ1) is 17.7. The van der Waals surface area contributed by atoms with Crippen molar-refractivity contribution in [3.8, 4) is 5.75 Å². The van der Waals surface area contributed by atoms with Crippen LogP contribution in [0.1, 0.15) is 44.5 Å². The molecule has 118 valence electrons. The third-order valence-corrected chi connectivity index (χ3v) is 4.42. The average molecular weight is 313 g/mol. The molecule has 0 unspecified atom stereocenters. The Balaban J connectivity index is 3.34. The molecule has 0 aliphatic heterocycles. The largest absolute Gasteiger partial charge is 0.495 e. The molecule has 1 aromatic carbocycles. The fourth-order valence-electron chi connectivity index (χ4n) is 1.78. The molecule has 0 atom stereocenters. The highest BCUT2D eigenvalue weighted by Gasteiger charge is 2.26. The Morgan fingerprint density at radius 2 is 1.90 bits per heavy atom. The van der Waals surface area contributed by atoms with Crippen LogP contribution < -0.4 is 9.46 Å². The molecular formula is C15H23NO4S. The van der Waals surface area contributed by atoms with E-state index in [2.05, 4.69) is 4.72 Å². The van der Waals surface area contributed by atoms with Crippen molar-refractivity contribution in [1.82, 2.24) is 4.72 Å². The molecule has 1 aromatic rings. The quantitative estimate of drug-likeness (QED) is 0.819. The summed E-state index contributed by atoms with van der Waals surface area (Å²) in [5, 5.41) is 0. The summed E-state index contributed by atoms with van der Waals surface area (Å²) in [6.07, 6.45) is 0.683. The van der Waals surface area contributed by atoms with E-state index in [-0.39, 0.29) is 16.4 Å². The van der Waals surface area contributed by atoms with Gasteiger partial charge in [0.2, 0.25) is 10.0 Å². The Labute approximate surface area is 126 Å². The van der Waals surface area contributed by atoms with Gasteiger partial charge in [0.25, 0.3) is 0 Å². The predicted octanol–water partition coefficient (Wildman–Crippen LogP) is 2.61. The molecule has 0 saturated carbocycles. The number of ketones is 1. The zero-order valence-electron chi connectivity index (χ0n) is 13.2. The normalized spacial score (nSPS) is 12.2. The van der Waals surface area contributed by atoms with Crippen LogP contribution in [-0.4, -0.2) is 27.9 Å². The van der Waals surface area contributed by atoms with Gasteiger partial charge in [-0.05, 0) is 24.6 Å². The van der Waals surface area contributed by atoms with E-state index in [4.69, 9.17) is 4.74 Å². The molecule has 0 saturated heterocycles. The van der Waals surface area contributed by atoms with E-state index in [0.717, 1.165) is 0 Å². The highest BCUT2D eigenvalue weighted by atomic mass is 32.2. The molecular weight excluding hydrogens is 290 g/mol. The summed E-state index contributed by atoms with van der Waals surface area (Å²) in [6, 6.07) is 4.48. The van der Waals surface area contributed by atoms with Gasteiger partial charge >= 0.3 is 0 Å². The smallest absolute Gasteiger partial charge is 0.244 e. The summed E-state index contributed by atoms with van der Waals surface area (Å²) in [5.74, 6) is 0.112. The predicted molar refractivity (Wildman–Crippen MR) is 82.3 cm³/mol. The number of nitrogens with one attached hydrogen (secondary N) is 1. The molecule has 6 heteroatoms. The van der Waals surface area contributed by atoms with Gasteiger partial charge in [0, 0.05) is 17.5 Å². The second-order valence-corrected chi connectivity index (χ2v) is 7.58. The van der Waals surface area contributed by atoms with Crippen molar-refractivity contribution >= 4 is 15.8 Å². The van der Waals surface area contributed by atoms with Gasteiger partial charge in [-0.2, -0.15) is 0 Å². The molecule has 0 aromatic heterocycles. The number of methoxy groups -OCH3 is 1. The number of carbonyl (C=O) groups excluding carboxylic acids is 1. The molecule has 0 aliphatic rings. The molecule has 1 N–H and O–H groups in total. The van der Waals surface area contributed by atoms with E-state index in [9.17, 15) is 13.2 Å².